The molecule has 1 unspecified atom stereocenters. The molecule has 0 fully saturated rings. The smallest absolute Gasteiger partial charge is 0.106 e. The molecule has 1 atom stereocenters. The van der Waals surface area contributed by atoms with Crippen molar-refractivity contribution in [3.63, 3.8) is 0 Å². The highest BCUT2D eigenvalue weighted by molar-refractivity contribution is 4.82. The number of rotatable bonds is 11. The molecule has 1 radical (unpaired) electrons. The van der Waals surface area contributed by atoms with Gasteiger partial charge < -0.3 is 0 Å². The van der Waals surface area contributed by atoms with Crippen LogP contribution in [0.5, 0.6) is 0 Å². The third-order valence-corrected chi connectivity index (χ3v) is 4.34. The van der Waals surface area contributed by atoms with Gasteiger partial charge in [0.15, 0.2) is 0 Å². The Morgan fingerprint density at radius 3 is 1.82 bits per heavy atom. The third-order valence-electron chi connectivity index (χ3n) is 4.34. The molecule has 0 aliphatic rings. The van der Waals surface area contributed by atoms with Crippen molar-refractivity contribution in [1.82, 2.24) is 0 Å². The SMILES string of the molecule is CCCCCCCCC(CC)C([O])(CC)CC. The molecule has 0 aromatic heterocycles. The van der Waals surface area contributed by atoms with E-state index in [1.807, 2.05) is 0 Å². The number of hydrogen-bond acceptors (Lipinski definition) is 0. The lowest BCUT2D eigenvalue weighted by Gasteiger charge is -2.32. The van der Waals surface area contributed by atoms with Crippen molar-refractivity contribution in [3.05, 3.63) is 0 Å². The molecule has 17 heavy (non-hydrogen) atoms. The van der Waals surface area contributed by atoms with Gasteiger partial charge in [0, 0.05) is 0 Å². The van der Waals surface area contributed by atoms with E-state index >= 15 is 0 Å². The lowest BCUT2D eigenvalue weighted by molar-refractivity contribution is -0.0884. The predicted molar refractivity (Wildman–Crippen MR) is 75.8 cm³/mol. The summed E-state index contributed by atoms with van der Waals surface area (Å²) in [4.78, 5) is 0. The van der Waals surface area contributed by atoms with Gasteiger partial charge in [-0.1, -0.05) is 72.6 Å². The van der Waals surface area contributed by atoms with Crippen LogP contribution in [0.4, 0.5) is 0 Å². The van der Waals surface area contributed by atoms with E-state index in [9.17, 15) is 5.11 Å². The van der Waals surface area contributed by atoms with Gasteiger partial charge in [-0.05, 0) is 25.2 Å². The van der Waals surface area contributed by atoms with E-state index < -0.39 is 5.60 Å². The zero-order valence-corrected chi connectivity index (χ0v) is 12.6. The summed E-state index contributed by atoms with van der Waals surface area (Å²) >= 11 is 0. The minimum absolute atomic E-state index is 0.392. The monoisotopic (exact) mass is 241 g/mol. The van der Waals surface area contributed by atoms with Gasteiger partial charge in [0.1, 0.15) is 5.60 Å². The van der Waals surface area contributed by atoms with E-state index in [1.54, 1.807) is 0 Å². The maximum atomic E-state index is 12.5. The van der Waals surface area contributed by atoms with Crippen LogP contribution in [0.1, 0.15) is 91.9 Å². The summed E-state index contributed by atoms with van der Waals surface area (Å²) in [6, 6.07) is 0. The quantitative estimate of drug-likeness (QED) is 0.410. The predicted octanol–water partition coefficient (Wildman–Crippen LogP) is 5.75. The number of hydrogen-bond donors (Lipinski definition) is 0. The molecule has 1 nitrogen and oxygen atoms in total. The second-order valence-corrected chi connectivity index (χ2v) is 5.43. The standard InChI is InChI=1S/C16H33O/c1-5-9-10-11-12-13-14-15(6-2)16(17,7-3)8-4/h15H,5-14H2,1-4H3. The van der Waals surface area contributed by atoms with Gasteiger partial charge >= 0.3 is 0 Å². The van der Waals surface area contributed by atoms with Gasteiger partial charge in [-0.2, -0.15) is 0 Å². The van der Waals surface area contributed by atoms with Gasteiger partial charge in [-0.25, -0.2) is 5.11 Å². The van der Waals surface area contributed by atoms with E-state index in [0.29, 0.717) is 5.92 Å². The maximum absolute atomic E-state index is 12.5. The minimum Gasteiger partial charge on any atom is -0.229 e. The molecular formula is C16H33O. The van der Waals surface area contributed by atoms with Crippen LogP contribution >= 0.6 is 0 Å². The van der Waals surface area contributed by atoms with Crippen LogP contribution in [-0.4, -0.2) is 5.60 Å². The van der Waals surface area contributed by atoms with Gasteiger partial charge in [0.25, 0.3) is 0 Å². The first-order valence-electron chi connectivity index (χ1n) is 7.84. The highest BCUT2D eigenvalue weighted by atomic mass is 16.3. The van der Waals surface area contributed by atoms with Crippen molar-refractivity contribution in [3.8, 4) is 0 Å². The van der Waals surface area contributed by atoms with Gasteiger partial charge in [0.2, 0.25) is 0 Å². The van der Waals surface area contributed by atoms with Crippen molar-refractivity contribution < 1.29 is 5.11 Å². The average Bonchev–Trinajstić information content (AvgIpc) is 2.37. The fourth-order valence-electron chi connectivity index (χ4n) is 2.84. The molecule has 0 amide bonds. The van der Waals surface area contributed by atoms with Crippen LogP contribution in [0.25, 0.3) is 0 Å². The summed E-state index contributed by atoms with van der Waals surface area (Å²) < 4.78 is 0. The Morgan fingerprint density at radius 2 is 1.35 bits per heavy atom. The maximum Gasteiger partial charge on any atom is 0.106 e. The molecule has 0 heterocycles. The molecular weight excluding hydrogens is 208 g/mol. The Bertz CT molecular complexity index is 161. The van der Waals surface area contributed by atoms with Crippen LogP contribution in [-0.2, 0) is 5.11 Å². The van der Waals surface area contributed by atoms with Crippen molar-refractivity contribution in [2.45, 2.75) is 97.5 Å². The van der Waals surface area contributed by atoms with E-state index in [4.69, 9.17) is 0 Å². The number of unbranched alkanes of at least 4 members (excludes halogenated alkanes) is 5. The lowest BCUT2D eigenvalue weighted by Crippen LogP contribution is -2.34. The molecule has 0 bridgehead atoms. The van der Waals surface area contributed by atoms with Crippen molar-refractivity contribution in [1.29, 1.82) is 0 Å². The van der Waals surface area contributed by atoms with Crippen LogP contribution in [0, 0.1) is 5.92 Å². The minimum atomic E-state index is -0.655. The summed E-state index contributed by atoms with van der Waals surface area (Å²) in [5, 5.41) is 12.5. The molecule has 0 spiro atoms. The Balaban J connectivity index is 3.82. The molecule has 0 rings (SSSR count). The normalized spacial score (nSPS) is 13.9. The van der Waals surface area contributed by atoms with Gasteiger partial charge in [-0.15, -0.1) is 0 Å². The summed E-state index contributed by atoms with van der Waals surface area (Å²) in [6.45, 7) is 8.54. The first-order valence-corrected chi connectivity index (χ1v) is 7.84. The summed E-state index contributed by atoms with van der Waals surface area (Å²) in [5.74, 6) is 0.392. The third kappa shape index (κ3) is 6.45. The van der Waals surface area contributed by atoms with Crippen molar-refractivity contribution >= 4 is 0 Å². The van der Waals surface area contributed by atoms with E-state index in [-0.39, 0.29) is 0 Å². The molecule has 0 saturated heterocycles. The van der Waals surface area contributed by atoms with Crippen LogP contribution in [0.2, 0.25) is 0 Å². The Hall–Kier alpha value is -0.0400. The largest absolute Gasteiger partial charge is 0.229 e. The molecule has 0 aromatic rings. The van der Waals surface area contributed by atoms with E-state index in [2.05, 4.69) is 27.7 Å². The fourth-order valence-corrected chi connectivity index (χ4v) is 2.84. The molecule has 0 aliphatic heterocycles. The zero-order valence-electron chi connectivity index (χ0n) is 12.6. The topological polar surface area (TPSA) is 19.9 Å². The molecule has 0 N–H and O–H groups in total. The van der Waals surface area contributed by atoms with E-state index in [0.717, 1.165) is 25.7 Å². The zero-order chi connectivity index (χ0) is 13.1. The Morgan fingerprint density at radius 1 is 0.824 bits per heavy atom. The van der Waals surface area contributed by atoms with Crippen molar-refractivity contribution in [2.24, 2.45) is 5.92 Å². The van der Waals surface area contributed by atoms with E-state index in [1.165, 1.54) is 38.5 Å². The first kappa shape index (κ1) is 17.0. The summed E-state index contributed by atoms with van der Waals surface area (Å²) in [6.07, 6.45) is 11.8. The van der Waals surface area contributed by atoms with Gasteiger partial charge in [0.05, 0.1) is 0 Å². The summed E-state index contributed by atoms with van der Waals surface area (Å²) in [7, 11) is 0. The molecule has 1 heteroatoms. The molecule has 103 valence electrons. The highest BCUT2D eigenvalue weighted by Gasteiger charge is 2.33. The Labute approximate surface area is 109 Å². The van der Waals surface area contributed by atoms with Crippen LogP contribution in [0.15, 0.2) is 0 Å². The lowest BCUT2D eigenvalue weighted by atomic mass is 9.78. The first-order chi connectivity index (χ1) is 8.14. The Kier molecular flexibility index (Phi) is 9.91. The van der Waals surface area contributed by atoms with Gasteiger partial charge in [-0.3, -0.25) is 0 Å². The van der Waals surface area contributed by atoms with Crippen LogP contribution in [0.3, 0.4) is 0 Å². The molecule has 0 saturated carbocycles. The molecule has 0 aliphatic carbocycles. The fraction of sp³-hybridized carbons (Fsp3) is 1.00. The van der Waals surface area contributed by atoms with Crippen LogP contribution < -0.4 is 0 Å². The van der Waals surface area contributed by atoms with Crippen molar-refractivity contribution in [2.75, 3.05) is 0 Å². The second kappa shape index (κ2) is 9.94. The second-order valence-electron chi connectivity index (χ2n) is 5.43. The molecule has 0 aromatic carbocycles. The summed E-state index contributed by atoms with van der Waals surface area (Å²) in [5.41, 5.74) is -0.655. The highest BCUT2D eigenvalue weighted by Crippen LogP contribution is 2.32. The average molecular weight is 241 g/mol.